The van der Waals surface area contributed by atoms with Gasteiger partial charge in [-0.3, -0.25) is 4.98 Å². The largest absolute Gasteiger partial charge is 0.385 e. The zero-order valence-electron chi connectivity index (χ0n) is 10.1. The predicted molar refractivity (Wildman–Crippen MR) is 68.3 cm³/mol. The van der Waals surface area contributed by atoms with Crippen LogP contribution in [0.3, 0.4) is 0 Å². The van der Waals surface area contributed by atoms with Gasteiger partial charge in [0.2, 0.25) is 0 Å². The standard InChI is InChI=1S/C12H16ClN3O/c1-9(4-6-17-2)16-11-3-5-14-8-10(11)15-12(16)7-13/h3,5,8-9H,4,6-7H2,1-2H3. The Morgan fingerprint density at radius 1 is 1.53 bits per heavy atom. The fourth-order valence-corrected chi connectivity index (χ4v) is 2.19. The predicted octanol–water partition coefficient (Wildman–Crippen LogP) is 2.77. The monoisotopic (exact) mass is 253 g/mol. The van der Waals surface area contributed by atoms with E-state index in [4.69, 9.17) is 16.3 Å². The van der Waals surface area contributed by atoms with E-state index < -0.39 is 0 Å². The molecule has 4 nitrogen and oxygen atoms in total. The van der Waals surface area contributed by atoms with E-state index in [9.17, 15) is 0 Å². The molecule has 0 N–H and O–H groups in total. The number of hydrogen-bond acceptors (Lipinski definition) is 3. The van der Waals surface area contributed by atoms with Crippen molar-refractivity contribution < 1.29 is 4.74 Å². The molecule has 0 spiro atoms. The first-order chi connectivity index (χ1) is 8.27. The molecule has 0 aliphatic rings. The molecule has 92 valence electrons. The van der Waals surface area contributed by atoms with Crippen LogP contribution in [0.25, 0.3) is 11.0 Å². The highest BCUT2D eigenvalue weighted by molar-refractivity contribution is 6.16. The number of hydrogen-bond donors (Lipinski definition) is 0. The molecule has 0 aromatic carbocycles. The van der Waals surface area contributed by atoms with Gasteiger partial charge in [0, 0.05) is 26.0 Å². The lowest BCUT2D eigenvalue weighted by atomic mass is 10.2. The van der Waals surface area contributed by atoms with E-state index in [1.807, 2.05) is 6.07 Å². The lowest BCUT2D eigenvalue weighted by Crippen LogP contribution is -2.10. The van der Waals surface area contributed by atoms with Crippen molar-refractivity contribution in [3.63, 3.8) is 0 Å². The number of halogens is 1. The lowest BCUT2D eigenvalue weighted by molar-refractivity contribution is 0.181. The second-order valence-electron chi connectivity index (χ2n) is 4.03. The minimum atomic E-state index is 0.316. The molecule has 2 rings (SSSR count). The van der Waals surface area contributed by atoms with E-state index in [0.29, 0.717) is 11.9 Å². The Morgan fingerprint density at radius 3 is 3.06 bits per heavy atom. The van der Waals surface area contributed by atoms with Crippen LogP contribution in [0.5, 0.6) is 0 Å². The van der Waals surface area contributed by atoms with Gasteiger partial charge in [-0.15, -0.1) is 11.6 Å². The Labute approximate surface area is 106 Å². The number of imidazole rings is 1. The average molecular weight is 254 g/mol. The number of methoxy groups -OCH3 is 1. The number of aromatic nitrogens is 3. The van der Waals surface area contributed by atoms with Gasteiger partial charge >= 0.3 is 0 Å². The zero-order chi connectivity index (χ0) is 12.3. The second kappa shape index (κ2) is 5.47. The average Bonchev–Trinajstić information content (AvgIpc) is 2.74. The number of ether oxygens (including phenoxy) is 1. The van der Waals surface area contributed by atoms with Crippen LogP contribution in [0, 0.1) is 0 Å². The first-order valence-corrected chi connectivity index (χ1v) is 6.17. The molecule has 0 aliphatic carbocycles. The highest BCUT2D eigenvalue weighted by Crippen LogP contribution is 2.23. The summed E-state index contributed by atoms with van der Waals surface area (Å²) in [6.07, 6.45) is 4.49. The molecule has 0 aliphatic heterocycles. The third-order valence-electron chi connectivity index (χ3n) is 2.86. The summed E-state index contributed by atoms with van der Waals surface area (Å²) in [5.41, 5.74) is 1.98. The maximum atomic E-state index is 5.95. The molecular weight excluding hydrogens is 238 g/mol. The Kier molecular flexibility index (Phi) is 3.97. The molecule has 0 saturated heterocycles. The lowest BCUT2D eigenvalue weighted by Gasteiger charge is -2.16. The van der Waals surface area contributed by atoms with Crippen LogP contribution in [0.4, 0.5) is 0 Å². The minimum Gasteiger partial charge on any atom is -0.385 e. The van der Waals surface area contributed by atoms with Gasteiger partial charge < -0.3 is 9.30 Å². The van der Waals surface area contributed by atoms with E-state index in [1.165, 1.54) is 0 Å². The maximum Gasteiger partial charge on any atom is 0.125 e. The Hall–Kier alpha value is -1.13. The van der Waals surface area contributed by atoms with Gasteiger partial charge in [-0.25, -0.2) is 4.98 Å². The van der Waals surface area contributed by atoms with Gasteiger partial charge in [0.15, 0.2) is 0 Å². The molecule has 5 heteroatoms. The highest BCUT2D eigenvalue weighted by Gasteiger charge is 2.14. The molecular formula is C12H16ClN3O. The van der Waals surface area contributed by atoms with Crippen molar-refractivity contribution in [1.29, 1.82) is 0 Å². The smallest absolute Gasteiger partial charge is 0.125 e. The molecule has 2 aromatic rings. The number of pyridine rings is 1. The first-order valence-electron chi connectivity index (χ1n) is 5.63. The van der Waals surface area contributed by atoms with E-state index in [2.05, 4.69) is 21.5 Å². The summed E-state index contributed by atoms with van der Waals surface area (Å²) in [4.78, 5) is 8.57. The summed E-state index contributed by atoms with van der Waals surface area (Å²) in [7, 11) is 1.71. The third kappa shape index (κ3) is 2.42. The first kappa shape index (κ1) is 12.3. The Bertz CT molecular complexity index is 497. The van der Waals surface area contributed by atoms with E-state index in [1.54, 1.807) is 19.5 Å². The van der Waals surface area contributed by atoms with Crippen LogP contribution < -0.4 is 0 Å². The molecule has 1 unspecified atom stereocenters. The van der Waals surface area contributed by atoms with Crippen molar-refractivity contribution in [2.75, 3.05) is 13.7 Å². The maximum absolute atomic E-state index is 5.95. The summed E-state index contributed by atoms with van der Waals surface area (Å²) in [6, 6.07) is 2.29. The molecule has 0 amide bonds. The number of nitrogens with zero attached hydrogens (tertiary/aromatic N) is 3. The van der Waals surface area contributed by atoms with Crippen LogP contribution >= 0.6 is 11.6 Å². The molecule has 0 saturated carbocycles. The Balaban J connectivity index is 2.42. The molecule has 0 radical (unpaired) electrons. The molecule has 2 heterocycles. The molecule has 2 aromatic heterocycles. The summed E-state index contributed by atoms with van der Waals surface area (Å²) in [6.45, 7) is 2.88. The molecule has 17 heavy (non-hydrogen) atoms. The summed E-state index contributed by atoms with van der Waals surface area (Å²) >= 11 is 5.95. The van der Waals surface area contributed by atoms with Crippen molar-refractivity contribution in [1.82, 2.24) is 14.5 Å². The summed E-state index contributed by atoms with van der Waals surface area (Å²) < 4.78 is 7.29. The van der Waals surface area contributed by atoms with Crippen LogP contribution in [0.15, 0.2) is 18.5 Å². The second-order valence-corrected chi connectivity index (χ2v) is 4.29. The number of fused-ring (bicyclic) bond motifs is 1. The minimum absolute atomic E-state index is 0.316. The van der Waals surface area contributed by atoms with Crippen molar-refractivity contribution in [2.24, 2.45) is 0 Å². The SMILES string of the molecule is COCCC(C)n1c(CCl)nc2cnccc21. The van der Waals surface area contributed by atoms with Crippen molar-refractivity contribution >= 4 is 22.6 Å². The fourth-order valence-electron chi connectivity index (χ4n) is 2.00. The molecule has 1 atom stereocenters. The van der Waals surface area contributed by atoms with Gasteiger partial charge in [0.1, 0.15) is 11.3 Å². The van der Waals surface area contributed by atoms with Gasteiger partial charge in [-0.2, -0.15) is 0 Å². The molecule has 0 bridgehead atoms. The number of alkyl halides is 1. The molecule has 0 fully saturated rings. The topological polar surface area (TPSA) is 39.9 Å². The zero-order valence-corrected chi connectivity index (χ0v) is 10.8. The Morgan fingerprint density at radius 2 is 2.35 bits per heavy atom. The van der Waals surface area contributed by atoms with Gasteiger partial charge in [0.25, 0.3) is 0 Å². The van der Waals surface area contributed by atoms with Crippen LogP contribution in [-0.4, -0.2) is 28.3 Å². The fraction of sp³-hybridized carbons (Fsp3) is 0.500. The third-order valence-corrected chi connectivity index (χ3v) is 3.10. The van der Waals surface area contributed by atoms with E-state index in [-0.39, 0.29) is 0 Å². The van der Waals surface area contributed by atoms with Crippen LogP contribution in [-0.2, 0) is 10.6 Å². The summed E-state index contributed by atoms with van der Waals surface area (Å²) in [5, 5.41) is 0. The van der Waals surface area contributed by atoms with Crippen molar-refractivity contribution in [3.8, 4) is 0 Å². The van der Waals surface area contributed by atoms with Gasteiger partial charge in [-0.1, -0.05) is 0 Å². The van der Waals surface area contributed by atoms with Crippen LogP contribution in [0.2, 0.25) is 0 Å². The normalized spacial score (nSPS) is 13.1. The number of rotatable bonds is 5. The van der Waals surface area contributed by atoms with Crippen molar-refractivity contribution in [2.45, 2.75) is 25.3 Å². The van der Waals surface area contributed by atoms with Gasteiger partial charge in [0.05, 0.1) is 17.6 Å². The van der Waals surface area contributed by atoms with E-state index in [0.717, 1.165) is 29.9 Å². The van der Waals surface area contributed by atoms with Crippen LogP contribution in [0.1, 0.15) is 25.2 Å². The summed E-state index contributed by atoms with van der Waals surface area (Å²) in [5.74, 6) is 1.30. The van der Waals surface area contributed by atoms with Crippen molar-refractivity contribution in [3.05, 3.63) is 24.3 Å². The van der Waals surface area contributed by atoms with Gasteiger partial charge in [-0.05, 0) is 19.4 Å². The quantitative estimate of drug-likeness (QED) is 0.770. The highest BCUT2D eigenvalue weighted by atomic mass is 35.5. The van der Waals surface area contributed by atoms with E-state index >= 15 is 0 Å².